The van der Waals surface area contributed by atoms with Gasteiger partial charge in [-0.25, -0.2) is 4.79 Å². The van der Waals surface area contributed by atoms with E-state index >= 15 is 0 Å². The van der Waals surface area contributed by atoms with Gasteiger partial charge in [0, 0.05) is 6.04 Å². The molecule has 0 aromatic carbocycles. The highest BCUT2D eigenvalue weighted by Crippen LogP contribution is 2.00. The van der Waals surface area contributed by atoms with Gasteiger partial charge in [0.25, 0.3) is 0 Å². The Labute approximate surface area is 73.8 Å². The smallest absolute Gasteiger partial charge is 0.407 e. The van der Waals surface area contributed by atoms with Crippen molar-refractivity contribution in [3.63, 3.8) is 0 Å². The van der Waals surface area contributed by atoms with Crippen LogP contribution in [0, 0.1) is 0 Å². The average molecular weight is 171 g/mol. The molecular weight excluding hydrogens is 154 g/mol. The van der Waals surface area contributed by atoms with Gasteiger partial charge >= 0.3 is 6.09 Å². The number of unbranched alkanes of at least 4 members (excludes halogenated alkanes) is 1. The van der Waals surface area contributed by atoms with Gasteiger partial charge in [0.15, 0.2) is 0 Å². The number of carbonyl (C=O) groups is 1. The summed E-state index contributed by atoms with van der Waals surface area (Å²) in [4.78, 5) is 10.7. The minimum Gasteiger partial charge on any atom is -0.453 e. The fourth-order valence-electron chi connectivity index (χ4n) is 0.901. The maximum Gasteiger partial charge on any atom is 0.407 e. The molecule has 0 fully saturated rings. The molecule has 1 amide bonds. The van der Waals surface area contributed by atoms with E-state index in [-0.39, 0.29) is 12.1 Å². The number of alkyl carbamates (subject to hydrolysis) is 1. The number of carbonyl (C=O) groups excluding carboxylic acids is 1. The molecule has 0 radical (unpaired) electrons. The van der Waals surface area contributed by atoms with Crippen LogP contribution in [0.3, 0.4) is 0 Å². The molecule has 1 unspecified atom stereocenters. The lowest BCUT2D eigenvalue weighted by molar-refractivity contribution is 0.167. The van der Waals surface area contributed by atoms with Gasteiger partial charge in [0.2, 0.25) is 0 Å². The standard InChI is InChI=1S/C9H17NO2/c1-4-5-6-7-8(2)10-9(11)12-3/h4,8H,1,5-7H2,2-3H3,(H,10,11). The minimum atomic E-state index is -0.360. The minimum absolute atomic E-state index is 0.178. The van der Waals surface area contributed by atoms with E-state index in [9.17, 15) is 4.79 Å². The van der Waals surface area contributed by atoms with Crippen molar-refractivity contribution in [2.45, 2.75) is 32.2 Å². The molecule has 0 saturated heterocycles. The molecule has 0 bridgehead atoms. The van der Waals surface area contributed by atoms with Crippen molar-refractivity contribution in [1.29, 1.82) is 0 Å². The average Bonchev–Trinajstić information content (AvgIpc) is 2.05. The van der Waals surface area contributed by atoms with Crippen LogP contribution in [0.5, 0.6) is 0 Å². The summed E-state index contributed by atoms with van der Waals surface area (Å²) in [5, 5.41) is 2.69. The summed E-state index contributed by atoms with van der Waals surface area (Å²) in [6, 6.07) is 0.178. The summed E-state index contributed by atoms with van der Waals surface area (Å²) in [6.45, 7) is 5.58. The summed E-state index contributed by atoms with van der Waals surface area (Å²) < 4.78 is 4.46. The Balaban J connectivity index is 3.38. The molecule has 12 heavy (non-hydrogen) atoms. The second-order valence-electron chi connectivity index (χ2n) is 2.76. The molecular formula is C9H17NO2. The number of hydrogen-bond donors (Lipinski definition) is 1. The Morgan fingerprint density at radius 3 is 2.92 bits per heavy atom. The Hall–Kier alpha value is -0.990. The number of methoxy groups -OCH3 is 1. The first-order valence-corrected chi connectivity index (χ1v) is 4.16. The highest BCUT2D eigenvalue weighted by atomic mass is 16.5. The molecule has 0 spiro atoms. The van der Waals surface area contributed by atoms with E-state index in [0.29, 0.717) is 0 Å². The van der Waals surface area contributed by atoms with Crippen LogP contribution < -0.4 is 5.32 Å². The maximum atomic E-state index is 10.7. The van der Waals surface area contributed by atoms with Crippen molar-refractivity contribution in [2.24, 2.45) is 0 Å². The van der Waals surface area contributed by atoms with Crippen LogP contribution in [-0.4, -0.2) is 19.2 Å². The summed E-state index contributed by atoms with van der Waals surface area (Å²) in [5.74, 6) is 0. The second kappa shape index (κ2) is 6.70. The molecule has 0 aliphatic rings. The molecule has 0 aromatic heterocycles. The van der Waals surface area contributed by atoms with Crippen molar-refractivity contribution < 1.29 is 9.53 Å². The van der Waals surface area contributed by atoms with Gasteiger partial charge in [0.1, 0.15) is 0 Å². The third-order valence-corrected chi connectivity index (χ3v) is 1.60. The van der Waals surface area contributed by atoms with Crippen LogP contribution in [0.4, 0.5) is 4.79 Å². The normalized spacial score (nSPS) is 11.8. The van der Waals surface area contributed by atoms with Gasteiger partial charge in [-0.15, -0.1) is 6.58 Å². The summed E-state index contributed by atoms with van der Waals surface area (Å²) >= 11 is 0. The Bertz CT molecular complexity index is 145. The van der Waals surface area contributed by atoms with Gasteiger partial charge in [-0.1, -0.05) is 6.08 Å². The van der Waals surface area contributed by atoms with E-state index in [1.54, 1.807) is 0 Å². The topological polar surface area (TPSA) is 38.3 Å². The maximum absolute atomic E-state index is 10.7. The van der Waals surface area contributed by atoms with Gasteiger partial charge in [-0.2, -0.15) is 0 Å². The number of amides is 1. The predicted octanol–water partition coefficient (Wildman–Crippen LogP) is 2.09. The Kier molecular flexibility index (Phi) is 6.15. The molecule has 0 aromatic rings. The SMILES string of the molecule is C=CCCCC(C)NC(=O)OC. The van der Waals surface area contributed by atoms with Crippen molar-refractivity contribution in [2.75, 3.05) is 7.11 Å². The summed E-state index contributed by atoms with van der Waals surface area (Å²) in [7, 11) is 1.37. The lowest BCUT2D eigenvalue weighted by Gasteiger charge is -2.11. The molecule has 0 saturated carbocycles. The molecule has 0 aliphatic carbocycles. The molecule has 3 heteroatoms. The van der Waals surface area contributed by atoms with Crippen LogP contribution in [0.2, 0.25) is 0 Å². The summed E-state index contributed by atoms with van der Waals surface area (Å²) in [6.07, 6.45) is 4.52. The predicted molar refractivity (Wildman–Crippen MR) is 49.1 cm³/mol. The monoisotopic (exact) mass is 171 g/mol. The zero-order chi connectivity index (χ0) is 9.40. The first kappa shape index (κ1) is 11.0. The molecule has 1 N–H and O–H groups in total. The fourth-order valence-corrected chi connectivity index (χ4v) is 0.901. The van der Waals surface area contributed by atoms with Crippen LogP contribution in [0.1, 0.15) is 26.2 Å². The van der Waals surface area contributed by atoms with Crippen molar-refractivity contribution in [3.05, 3.63) is 12.7 Å². The molecule has 0 heterocycles. The summed E-state index contributed by atoms with van der Waals surface area (Å²) in [5.41, 5.74) is 0. The fraction of sp³-hybridized carbons (Fsp3) is 0.667. The van der Waals surface area contributed by atoms with E-state index in [4.69, 9.17) is 0 Å². The van der Waals surface area contributed by atoms with Gasteiger partial charge in [-0.3, -0.25) is 0 Å². The molecule has 0 aliphatic heterocycles. The van der Waals surface area contributed by atoms with Crippen molar-refractivity contribution in [1.82, 2.24) is 5.32 Å². The van der Waals surface area contributed by atoms with Gasteiger partial charge in [-0.05, 0) is 26.2 Å². The first-order chi connectivity index (χ1) is 5.70. The number of allylic oxidation sites excluding steroid dienone is 1. The molecule has 3 nitrogen and oxygen atoms in total. The highest BCUT2D eigenvalue weighted by molar-refractivity contribution is 5.67. The molecule has 70 valence electrons. The van der Waals surface area contributed by atoms with Crippen LogP contribution in [-0.2, 0) is 4.74 Å². The third kappa shape index (κ3) is 5.77. The Morgan fingerprint density at radius 2 is 2.42 bits per heavy atom. The van der Waals surface area contributed by atoms with E-state index < -0.39 is 0 Å². The number of nitrogens with one attached hydrogen (secondary N) is 1. The number of hydrogen-bond acceptors (Lipinski definition) is 2. The van der Waals surface area contributed by atoms with Gasteiger partial charge in [0.05, 0.1) is 7.11 Å². The third-order valence-electron chi connectivity index (χ3n) is 1.60. The number of rotatable bonds is 5. The zero-order valence-electron chi connectivity index (χ0n) is 7.80. The quantitative estimate of drug-likeness (QED) is 0.508. The largest absolute Gasteiger partial charge is 0.453 e. The lowest BCUT2D eigenvalue weighted by atomic mass is 10.1. The van der Waals surface area contributed by atoms with Gasteiger partial charge < -0.3 is 10.1 Å². The Morgan fingerprint density at radius 1 is 1.75 bits per heavy atom. The molecule has 0 rings (SSSR count). The zero-order valence-corrected chi connectivity index (χ0v) is 7.80. The van der Waals surface area contributed by atoms with E-state index in [1.165, 1.54) is 7.11 Å². The first-order valence-electron chi connectivity index (χ1n) is 4.16. The van der Waals surface area contributed by atoms with Crippen molar-refractivity contribution in [3.8, 4) is 0 Å². The molecule has 1 atom stereocenters. The van der Waals surface area contributed by atoms with E-state index in [2.05, 4.69) is 16.6 Å². The van der Waals surface area contributed by atoms with Crippen LogP contribution in [0.25, 0.3) is 0 Å². The van der Waals surface area contributed by atoms with E-state index in [0.717, 1.165) is 19.3 Å². The van der Waals surface area contributed by atoms with Crippen LogP contribution >= 0.6 is 0 Å². The second-order valence-corrected chi connectivity index (χ2v) is 2.76. The van der Waals surface area contributed by atoms with E-state index in [1.807, 2.05) is 13.0 Å². The van der Waals surface area contributed by atoms with Crippen molar-refractivity contribution >= 4 is 6.09 Å². The highest BCUT2D eigenvalue weighted by Gasteiger charge is 2.04. The van der Waals surface area contributed by atoms with Crippen LogP contribution in [0.15, 0.2) is 12.7 Å². The number of ether oxygens (including phenoxy) is 1. The lowest BCUT2D eigenvalue weighted by Crippen LogP contribution is -2.32.